The summed E-state index contributed by atoms with van der Waals surface area (Å²) in [5, 5.41) is 13.0. The molecule has 0 saturated heterocycles. The Bertz CT molecular complexity index is 1420. The van der Waals surface area contributed by atoms with Gasteiger partial charge in [0, 0.05) is 37.0 Å². The third-order valence-electron chi connectivity index (χ3n) is 6.57. The van der Waals surface area contributed by atoms with Gasteiger partial charge in [-0.3, -0.25) is 4.79 Å². The molecule has 0 bridgehead atoms. The van der Waals surface area contributed by atoms with Crippen LogP contribution in [0.5, 0.6) is 5.75 Å². The average Bonchev–Trinajstić information content (AvgIpc) is 3.00. The minimum Gasteiger partial charge on any atom is -0.497 e. The highest BCUT2D eigenvalue weighted by molar-refractivity contribution is 7.89. The van der Waals surface area contributed by atoms with E-state index in [1.807, 2.05) is 42.5 Å². The molecule has 0 aromatic heterocycles. The minimum atomic E-state index is -3.90. The lowest BCUT2D eigenvalue weighted by atomic mass is 9.93. The van der Waals surface area contributed by atoms with E-state index in [1.54, 1.807) is 30.3 Å². The van der Waals surface area contributed by atoms with Crippen LogP contribution >= 0.6 is 11.6 Å². The molecule has 0 radical (unpaired) electrons. The first kappa shape index (κ1) is 30.5. The molecule has 0 fully saturated rings. The molecule has 3 aromatic rings. The van der Waals surface area contributed by atoms with Crippen LogP contribution < -0.4 is 10.1 Å². The molecule has 2 N–H and O–H groups in total. The Morgan fingerprint density at radius 2 is 1.76 bits per heavy atom. The molecule has 0 saturated carbocycles. The number of allylic oxidation sites excluding steroid dienone is 1. The van der Waals surface area contributed by atoms with Crippen LogP contribution in [0, 0.1) is 0 Å². The Morgan fingerprint density at radius 1 is 1.05 bits per heavy atom. The highest BCUT2D eigenvalue weighted by Gasteiger charge is 2.30. The van der Waals surface area contributed by atoms with Gasteiger partial charge in [0.05, 0.1) is 25.2 Å². The number of benzene rings is 3. The zero-order chi connectivity index (χ0) is 29.2. The normalized spacial score (nSPS) is 17.0. The molecular weight excluding hydrogens is 568 g/mol. The number of sulfonamides is 1. The summed E-state index contributed by atoms with van der Waals surface area (Å²) >= 11 is 6.07. The van der Waals surface area contributed by atoms with Crippen LogP contribution in [0.25, 0.3) is 0 Å². The number of carbonyl (C=O) groups is 1. The van der Waals surface area contributed by atoms with Gasteiger partial charge >= 0.3 is 0 Å². The summed E-state index contributed by atoms with van der Waals surface area (Å²) in [6.07, 6.45) is 1.36. The van der Waals surface area contributed by atoms with E-state index in [1.165, 1.54) is 19.2 Å². The van der Waals surface area contributed by atoms with Crippen LogP contribution in [0.3, 0.4) is 0 Å². The summed E-state index contributed by atoms with van der Waals surface area (Å²) < 4.78 is 44.6. The summed E-state index contributed by atoms with van der Waals surface area (Å²) in [6, 6.07) is 22.9. The van der Waals surface area contributed by atoms with Crippen LogP contribution in [0.1, 0.15) is 23.5 Å². The highest BCUT2D eigenvalue weighted by Crippen LogP contribution is 2.32. The second-order valence-corrected chi connectivity index (χ2v) is 11.7. The molecule has 11 heteroatoms. The van der Waals surface area contributed by atoms with Gasteiger partial charge in [-0.15, -0.1) is 0 Å². The smallest absolute Gasteiger partial charge is 0.286 e. The summed E-state index contributed by atoms with van der Waals surface area (Å²) in [7, 11) is -2.40. The van der Waals surface area contributed by atoms with Gasteiger partial charge in [0.25, 0.3) is 5.91 Å². The molecular formula is C30H33ClN2O7S. The van der Waals surface area contributed by atoms with Gasteiger partial charge < -0.3 is 24.6 Å². The van der Waals surface area contributed by atoms with Crippen molar-refractivity contribution in [2.75, 3.05) is 33.4 Å². The van der Waals surface area contributed by atoms with Crippen LogP contribution in [-0.2, 0) is 30.8 Å². The van der Waals surface area contributed by atoms with Gasteiger partial charge in [0.1, 0.15) is 5.75 Å². The number of carbonyl (C=O) groups excluding carboxylic acids is 1. The van der Waals surface area contributed by atoms with Crippen molar-refractivity contribution in [1.29, 1.82) is 0 Å². The van der Waals surface area contributed by atoms with E-state index in [4.69, 9.17) is 25.8 Å². The number of aliphatic hydroxyl groups excluding tert-OH is 1. The van der Waals surface area contributed by atoms with Gasteiger partial charge in [-0.25, -0.2) is 8.42 Å². The van der Waals surface area contributed by atoms with Crippen molar-refractivity contribution in [1.82, 2.24) is 9.62 Å². The monoisotopic (exact) mass is 600 g/mol. The Kier molecular flexibility index (Phi) is 10.8. The molecule has 2 atom stereocenters. The maximum atomic E-state index is 13.2. The summed E-state index contributed by atoms with van der Waals surface area (Å²) in [4.78, 5) is 13.1. The summed E-state index contributed by atoms with van der Waals surface area (Å²) in [6.45, 7) is -0.186. The average molecular weight is 601 g/mol. The number of rotatable bonds is 13. The fraction of sp³-hybridized carbons (Fsp3) is 0.300. The molecule has 1 heterocycles. The molecule has 218 valence electrons. The second kappa shape index (κ2) is 14.5. The van der Waals surface area contributed by atoms with Crippen molar-refractivity contribution in [3.63, 3.8) is 0 Å². The SMILES string of the molecule is COc1ccc(S(=O)(=O)N(CCO)CCO[C@@H]2C[C@H](c3ccc(Cl)cc3)C=C(C(=O)NCc3ccccc3)O2)cc1. The molecule has 1 aliphatic rings. The van der Waals surface area contributed by atoms with E-state index < -0.39 is 16.3 Å². The molecule has 1 amide bonds. The summed E-state index contributed by atoms with van der Waals surface area (Å²) in [5.74, 6) is 0.0720. The Balaban J connectivity index is 1.44. The maximum absolute atomic E-state index is 13.2. The van der Waals surface area contributed by atoms with Crippen molar-refractivity contribution in [3.8, 4) is 5.75 Å². The molecule has 3 aromatic carbocycles. The number of aliphatic hydroxyl groups is 1. The Hall–Kier alpha value is -3.41. The van der Waals surface area contributed by atoms with E-state index in [9.17, 15) is 18.3 Å². The van der Waals surface area contributed by atoms with Crippen molar-refractivity contribution in [3.05, 3.63) is 107 Å². The number of hydrogen-bond acceptors (Lipinski definition) is 7. The molecule has 0 spiro atoms. The number of methoxy groups -OCH3 is 1. The highest BCUT2D eigenvalue weighted by atomic mass is 35.5. The number of nitrogens with one attached hydrogen (secondary N) is 1. The van der Waals surface area contributed by atoms with Crippen molar-refractivity contribution < 1.29 is 32.5 Å². The lowest BCUT2D eigenvalue weighted by molar-refractivity contribution is -0.146. The van der Waals surface area contributed by atoms with E-state index in [-0.39, 0.29) is 48.8 Å². The lowest BCUT2D eigenvalue weighted by Crippen LogP contribution is -2.38. The Morgan fingerprint density at radius 3 is 2.41 bits per heavy atom. The molecule has 9 nitrogen and oxygen atoms in total. The number of amides is 1. The number of ether oxygens (including phenoxy) is 3. The van der Waals surface area contributed by atoms with Gasteiger partial charge in [0.2, 0.25) is 16.3 Å². The molecule has 0 aliphatic carbocycles. The van der Waals surface area contributed by atoms with Crippen LogP contribution in [0.4, 0.5) is 0 Å². The number of halogens is 1. The minimum absolute atomic E-state index is 0.0215. The Labute approximate surface area is 245 Å². The quantitative estimate of drug-likeness (QED) is 0.304. The first-order valence-electron chi connectivity index (χ1n) is 13.1. The fourth-order valence-corrected chi connectivity index (χ4v) is 5.91. The second-order valence-electron chi connectivity index (χ2n) is 9.31. The first-order chi connectivity index (χ1) is 19.8. The van der Waals surface area contributed by atoms with Crippen molar-refractivity contribution in [2.45, 2.75) is 30.1 Å². The van der Waals surface area contributed by atoms with E-state index in [2.05, 4.69) is 5.32 Å². The largest absolute Gasteiger partial charge is 0.497 e. The number of nitrogens with zero attached hydrogens (tertiary/aromatic N) is 1. The first-order valence-corrected chi connectivity index (χ1v) is 14.9. The summed E-state index contributed by atoms with van der Waals surface area (Å²) in [5.41, 5.74) is 1.88. The topological polar surface area (TPSA) is 114 Å². The van der Waals surface area contributed by atoms with Crippen LogP contribution in [0.15, 0.2) is 95.6 Å². The van der Waals surface area contributed by atoms with E-state index >= 15 is 0 Å². The number of hydrogen-bond donors (Lipinski definition) is 2. The fourth-order valence-electron chi connectivity index (χ4n) is 4.37. The third-order valence-corrected chi connectivity index (χ3v) is 8.73. The molecule has 4 rings (SSSR count). The van der Waals surface area contributed by atoms with Crippen molar-refractivity contribution >= 4 is 27.5 Å². The van der Waals surface area contributed by atoms with Crippen molar-refractivity contribution in [2.24, 2.45) is 0 Å². The standard InChI is InChI=1S/C30H33ClN2O7S/c1-38-26-11-13-27(14-12-26)41(36,37)33(15-17-34)16-18-39-29-20-24(23-7-9-25(31)10-8-23)19-28(40-29)30(35)32-21-22-5-3-2-4-6-22/h2-14,19,24,29,34H,15-18,20-21H2,1H3,(H,32,35)/t24-,29+/m1/s1. The van der Waals surface area contributed by atoms with Gasteiger partial charge in [-0.05, 0) is 53.6 Å². The van der Waals surface area contributed by atoms with Crippen LogP contribution in [0.2, 0.25) is 5.02 Å². The van der Waals surface area contributed by atoms with Gasteiger partial charge in [-0.2, -0.15) is 4.31 Å². The van der Waals surface area contributed by atoms with E-state index in [0.29, 0.717) is 23.7 Å². The molecule has 0 unspecified atom stereocenters. The molecule has 41 heavy (non-hydrogen) atoms. The lowest BCUT2D eigenvalue weighted by Gasteiger charge is -2.30. The predicted octanol–water partition coefficient (Wildman–Crippen LogP) is 4.08. The maximum Gasteiger partial charge on any atom is 0.286 e. The van der Waals surface area contributed by atoms with Crippen LogP contribution in [-0.4, -0.2) is 63.4 Å². The zero-order valence-corrected chi connectivity index (χ0v) is 24.2. The van der Waals surface area contributed by atoms with E-state index in [0.717, 1.165) is 15.4 Å². The third kappa shape index (κ3) is 8.31. The predicted molar refractivity (Wildman–Crippen MR) is 155 cm³/mol. The molecule has 1 aliphatic heterocycles. The zero-order valence-electron chi connectivity index (χ0n) is 22.6. The van der Waals surface area contributed by atoms with Gasteiger partial charge in [-0.1, -0.05) is 54.1 Å². The van der Waals surface area contributed by atoms with Gasteiger partial charge in [0.15, 0.2) is 5.76 Å².